The molecule has 1 amide bonds. The van der Waals surface area contributed by atoms with Crippen LogP contribution in [0.5, 0.6) is 0 Å². The summed E-state index contributed by atoms with van der Waals surface area (Å²) < 4.78 is 6.56. The maximum absolute atomic E-state index is 12.8. The third kappa shape index (κ3) is 4.94. The molecule has 7 nitrogen and oxygen atoms in total. The average Bonchev–Trinajstić information content (AvgIpc) is 3.15. The Morgan fingerprint density at radius 2 is 1.67 bits per heavy atom. The van der Waals surface area contributed by atoms with E-state index in [2.05, 4.69) is 5.32 Å². The summed E-state index contributed by atoms with van der Waals surface area (Å²) in [5.41, 5.74) is 3.09. The number of aromatic nitrogens is 1. The first-order chi connectivity index (χ1) is 14.5. The van der Waals surface area contributed by atoms with Crippen molar-refractivity contribution in [2.75, 3.05) is 12.4 Å². The molecule has 0 aliphatic rings. The molecule has 0 fully saturated rings. The van der Waals surface area contributed by atoms with E-state index in [9.17, 15) is 14.4 Å². The zero-order chi connectivity index (χ0) is 21.5. The zero-order valence-corrected chi connectivity index (χ0v) is 16.5. The van der Waals surface area contributed by atoms with Gasteiger partial charge in [-0.25, -0.2) is 4.79 Å². The van der Waals surface area contributed by atoms with E-state index in [0.717, 1.165) is 17.0 Å². The van der Waals surface area contributed by atoms with Crippen LogP contribution >= 0.6 is 0 Å². The van der Waals surface area contributed by atoms with Gasteiger partial charge in [-0.3, -0.25) is 9.59 Å². The van der Waals surface area contributed by atoms with Crippen molar-refractivity contribution < 1.29 is 24.2 Å². The Morgan fingerprint density at radius 1 is 0.967 bits per heavy atom. The monoisotopic (exact) mass is 406 g/mol. The van der Waals surface area contributed by atoms with Gasteiger partial charge in [-0.2, -0.15) is 0 Å². The Morgan fingerprint density at radius 3 is 2.37 bits per heavy atom. The minimum absolute atomic E-state index is 0.0261. The molecule has 3 rings (SSSR count). The number of nitrogens with one attached hydrogen (secondary N) is 1. The molecule has 154 valence electrons. The summed E-state index contributed by atoms with van der Waals surface area (Å²) >= 11 is 0. The van der Waals surface area contributed by atoms with Crippen molar-refractivity contribution in [2.24, 2.45) is 0 Å². The zero-order valence-electron chi connectivity index (χ0n) is 16.5. The highest BCUT2D eigenvalue weighted by molar-refractivity contribution is 6.01. The van der Waals surface area contributed by atoms with Crippen molar-refractivity contribution in [3.63, 3.8) is 0 Å². The second kappa shape index (κ2) is 9.56. The molecular weight excluding hydrogens is 384 g/mol. The van der Waals surface area contributed by atoms with Gasteiger partial charge in [0.1, 0.15) is 6.54 Å². The van der Waals surface area contributed by atoms with Gasteiger partial charge in [0.25, 0.3) is 0 Å². The van der Waals surface area contributed by atoms with Gasteiger partial charge in [-0.15, -0.1) is 0 Å². The molecule has 0 spiro atoms. The van der Waals surface area contributed by atoms with E-state index >= 15 is 0 Å². The van der Waals surface area contributed by atoms with Gasteiger partial charge in [0, 0.05) is 11.4 Å². The number of para-hydroxylation sites is 1. The normalized spacial score (nSPS) is 10.4. The number of methoxy groups -OCH3 is 1. The van der Waals surface area contributed by atoms with Crippen LogP contribution in [0.1, 0.15) is 22.5 Å². The number of rotatable bonds is 8. The fourth-order valence-corrected chi connectivity index (χ4v) is 3.22. The summed E-state index contributed by atoms with van der Waals surface area (Å²) in [5.74, 6) is -1.78. The third-order valence-corrected chi connectivity index (χ3v) is 4.64. The van der Waals surface area contributed by atoms with Crippen molar-refractivity contribution in [3.8, 4) is 11.3 Å². The molecule has 0 aliphatic heterocycles. The standard InChI is InChI=1S/C23H22N2O5/c1-30-23(29)18-9-5-6-10-19(18)24-21(26)15-25-17(12-14-22(27)28)11-13-20(25)16-7-3-2-4-8-16/h2-11,13H,12,14-15H2,1H3,(H,24,26)(H,27,28). The van der Waals surface area contributed by atoms with E-state index in [1.165, 1.54) is 7.11 Å². The quantitative estimate of drug-likeness (QED) is 0.557. The van der Waals surface area contributed by atoms with Crippen LogP contribution in [0.2, 0.25) is 0 Å². The Kier molecular flexibility index (Phi) is 6.64. The number of aliphatic carboxylic acids is 1. The first kappa shape index (κ1) is 20.9. The van der Waals surface area contributed by atoms with E-state index in [1.54, 1.807) is 28.8 Å². The van der Waals surface area contributed by atoms with Crippen LogP contribution in [0.15, 0.2) is 66.7 Å². The van der Waals surface area contributed by atoms with Crippen LogP contribution in [0, 0.1) is 0 Å². The lowest BCUT2D eigenvalue weighted by molar-refractivity contribution is -0.137. The SMILES string of the molecule is COC(=O)c1ccccc1NC(=O)Cn1c(CCC(=O)O)ccc1-c1ccccc1. The number of carbonyl (C=O) groups excluding carboxylic acids is 2. The maximum atomic E-state index is 12.8. The van der Waals surface area contributed by atoms with Gasteiger partial charge in [0.05, 0.1) is 24.8 Å². The van der Waals surface area contributed by atoms with E-state index in [1.807, 2.05) is 42.5 Å². The van der Waals surface area contributed by atoms with Crippen molar-refractivity contribution in [1.82, 2.24) is 4.57 Å². The predicted molar refractivity (Wildman–Crippen MR) is 112 cm³/mol. The summed E-state index contributed by atoms with van der Waals surface area (Å²) in [5, 5.41) is 11.8. The van der Waals surface area contributed by atoms with Crippen LogP contribution in [-0.2, 0) is 27.3 Å². The Labute approximate surface area is 173 Å². The number of amides is 1. The van der Waals surface area contributed by atoms with Crippen molar-refractivity contribution in [2.45, 2.75) is 19.4 Å². The molecular formula is C23H22N2O5. The summed E-state index contributed by atoms with van der Waals surface area (Å²) in [7, 11) is 1.28. The third-order valence-electron chi connectivity index (χ3n) is 4.64. The average molecular weight is 406 g/mol. The van der Waals surface area contributed by atoms with Gasteiger partial charge in [-0.05, 0) is 36.2 Å². The molecule has 0 unspecified atom stereocenters. The minimum atomic E-state index is -0.902. The van der Waals surface area contributed by atoms with Crippen molar-refractivity contribution in [3.05, 3.63) is 78.0 Å². The lowest BCUT2D eigenvalue weighted by Gasteiger charge is -2.15. The maximum Gasteiger partial charge on any atom is 0.339 e. The van der Waals surface area contributed by atoms with Crippen LogP contribution in [0.4, 0.5) is 5.69 Å². The summed E-state index contributed by atoms with van der Waals surface area (Å²) in [6, 6.07) is 19.9. The smallest absolute Gasteiger partial charge is 0.339 e. The molecule has 2 N–H and O–H groups in total. The van der Waals surface area contributed by atoms with Gasteiger partial charge < -0.3 is 19.7 Å². The lowest BCUT2D eigenvalue weighted by Crippen LogP contribution is -2.22. The first-order valence-corrected chi connectivity index (χ1v) is 9.42. The molecule has 0 bridgehead atoms. The summed E-state index contributed by atoms with van der Waals surface area (Å²) in [6.45, 7) is -0.0261. The number of nitrogens with zero attached hydrogens (tertiary/aromatic N) is 1. The van der Waals surface area contributed by atoms with Gasteiger partial charge in [0.2, 0.25) is 5.91 Å². The molecule has 0 saturated carbocycles. The minimum Gasteiger partial charge on any atom is -0.481 e. The molecule has 2 aromatic carbocycles. The molecule has 30 heavy (non-hydrogen) atoms. The number of esters is 1. The fraction of sp³-hybridized carbons (Fsp3) is 0.174. The van der Waals surface area contributed by atoms with Gasteiger partial charge in [-0.1, -0.05) is 42.5 Å². The van der Waals surface area contributed by atoms with E-state index in [-0.39, 0.29) is 24.4 Å². The second-order valence-electron chi connectivity index (χ2n) is 6.64. The van der Waals surface area contributed by atoms with E-state index in [4.69, 9.17) is 9.84 Å². The Hall–Kier alpha value is -3.87. The molecule has 0 aliphatic carbocycles. The number of hydrogen-bond acceptors (Lipinski definition) is 4. The second-order valence-corrected chi connectivity index (χ2v) is 6.64. The Balaban J connectivity index is 1.88. The van der Waals surface area contributed by atoms with E-state index < -0.39 is 11.9 Å². The lowest BCUT2D eigenvalue weighted by atomic mass is 10.1. The summed E-state index contributed by atoms with van der Waals surface area (Å²) in [6.07, 6.45) is 0.263. The molecule has 0 atom stereocenters. The van der Waals surface area contributed by atoms with Gasteiger partial charge in [0.15, 0.2) is 0 Å². The number of anilines is 1. The number of ether oxygens (including phenoxy) is 1. The number of carbonyl (C=O) groups is 3. The first-order valence-electron chi connectivity index (χ1n) is 9.42. The van der Waals surface area contributed by atoms with Crippen LogP contribution in [0.25, 0.3) is 11.3 Å². The fourth-order valence-electron chi connectivity index (χ4n) is 3.22. The molecule has 1 heterocycles. The van der Waals surface area contributed by atoms with Crippen LogP contribution in [-0.4, -0.2) is 34.6 Å². The largest absolute Gasteiger partial charge is 0.481 e. The number of hydrogen-bond donors (Lipinski definition) is 2. The Bertz CT molecular complexity index is 1060. The summed E-state index contributed by atoms with van der Waals surface area (Å²) in [4.78, 5) is 35.8. The molecule has 0 radical (unpaired) electrons. The van der Waals surface area contributed by atoms with Gasteiger partial charge >= 0.3 is 11.9 Å². The predicted octanol–water partition coefficient (Wildman–Crippen LogP) is 3.60. The number of carboxylic acid groups (broad SMARTS) is 1. The molecule has 7 heteroatoms. The van der Waals surface area contributed by atoms with Crippen LogP contribution < -0.4 is 5.32 Å². The number of benzene rings is 2. The van der Waals surface area contributed by atoms with Crippen molar-refractivity contribution in [1.29, 1.82) is 0 Å². The topological polar surface area (TPSA) is 97.6 Å². The number of aryl methyl sites for hydroxylation is 1. The highest BCUT2D eigenvalue weighted by Gasteiger charge is 2.17. The number of carboxylic acids is 1. The van der Waals surface area contributed by atoms with E-state index in [0.29, 0.717) is 12.1 Å². The van der Waals surface area contributed by atoms with Crippen molar-refractivity contribution >= 4 is 23.5 Å². The molecule has 3 aromatic rings. The molecule has 0 saturated heterocycles. The molecule has 1 aromatic heterocycles. The van der Waals surface area contributed by atoms with Crippen LogP contribution in [0.3, 0.4) is 0 Å². The highest BCUT2D eigenvalue weighted by atomic mass is 16.5. The highest BCUT2D eigenvalue weighted by Crippen LogP contribution is 2.24.